The van der Waals surface area contributed by atoms with Crippen LogP contribution in [0.15, 0.2) is 42.6 Å². The summed E-state index contributed by atoms with van der Waals surface area (Å²) in [6.07, 6.45) is 3.85. The predicted molar refractivity (Wildman–Crippen MR) is 91.4 cm³/mol. The summed E-state index contributed by atoms with van der Waals surface area (Å²) < 4.78 is 12.9. The van der Waals surface area contributed by atoms with E-state index in [0.717, 1.165) is 31.6 Å². The Morgan fingerprint density at radius 1 is 1.09 bits per heavy atom. The van der Waals surface area contributed by atoms with Gasteiger partial charge in [0.05, 0.1) is 11.9 Å². The Morgan fingerprint density at radius 3 is 2.26 bits per heavy atom. The Morgan fingerprint density at radius 2 is 1.74 bits per heavy atom. The Hall–Kier alpha value is -2.43. The fourth-order valence-electron chi connectivity index (χ4n) is 2.35. The fourth-order valence-corrected chi connectivity index (χ4v) is 2.35. The van der Waals surface area contributed by atoms with Gasteiger partial charge in [0.1, 0.15) is 11.5 Å². The standard InChI is InChI=1S/C18H22FN3O/c1-3-11-22(12-4-2)16-9-10-17(20-13-16)18(23)21-15-7-5-14(19)6-8-15/h5-10,13H,3-4,11-12H2,1-2H3,(H,21,23). The summed E-state index contributed by atoms with van der Waals surface area (Å²) in [5.41, 5.74) is 1.90. The van der Waals surface area contributed by atoms with Gasteiger partial charge in [0.2, 0.25) is 0 Å². The van der Waals surface area contributed by atoms with Gasteiger partial charge in [0.25, 0.3) is 5.91 Å². The second kappa shape index (κ2) is 8.27. The highest BCUT2D eigenvalue weighted by Crippen LogP contribution is 2.15. The van der Waals surface area contributed by atoms with Crippen molar-refractivity contribution in [3.05, 3.63) is 54.1 Å². The molecular weight excluding hydrogens is 293 g/mol. The number of nitrogens with zero attached hydrogens (tertiary/aromatic N) is 2. The minimum atomic E-state index is -0.336. The van der Waals surface area contributed by atoms with Gasteiger partial charge in [-0.2, -0.15) is 0 Å². The molecule has 0 saturated heterocycles. The fraction of sp³-hybridized carbons (Fsp3) is 0.333. The number of nitrogens with one attached hydrogen (secondary N) is 1. The Labute approximate surface area is 136 Å². The molecule has 0 fully saturated rings. The van der Waals surface area contributed by atoms with Gasteiger partial charge in [0.15, 0.2) is 0 Å². The number of anilines is 2. The molecule has 5 heteroatoms. The summed E-state index contributed by atoms with van der Waals surface area (Å²) in [6.45, 7) is 6.22. The highest BCUT2D eigenvalue weighted by atomic mass is 19.1. The van der Waals surface area contributed by atoms with Crippen molar-refractivity contribution in [2.45, 2.75) is 26.7 Å². The number of pyridine rings is 1. The summed E-state index contributed by atoms with van der Waals surface area (Å²) in [5.74, 6) is -0.641. The minimum Gasteiger partial charge on any atom is -0.370 e. The smallest absolute Gasteiger partial charge is 0.274 e. The van der Waals surface area contributed by atoms with Crippen molar-refractivity contribution in [3.8, 4) is 0 Å². The van der Waals surface area contributed by atoms with Crippen molar-refractivity contribution in [2.24, 2.45) is 0 Å². The molecule has 0 atom stereocenters. The lowest BCUT2D eigenvalue weighted by Gasteiger charge is -2.23. The zero-order valence-electron chi connectivity index (χ0n) is 13.6. The summed E-state index contributed by atoms with van der Waals surface area (Å²) >= 11 is 0. The average molecular weight is 315 g/mol. The molecule has 0 aliphatic carbocycles. The van der Waals surface area contributed by atoms with Crippen LogP contribution in [0.3, 0.4) is 0 Å². The monoisotopic (exact) mass is 315 g/mol. The van der Waals surface area contributed by atoms with Crippen LogP contribution in [0.2, 0.25) is 0 Å². The SMILES string of the molecule is CCCN(CCC)c1ccc(C(=O)Nc2ccc(F)cc2)nc1. The molecule has 0 aliphatic heterocycles. The van der Waals surface area contributed by atoms with Gasteiger partial charge >= 0.3 is 0 Å². The van der Waals surface area contributed by atoms with Crippen molar-refractivity contribution in [1.29, 1.82) is 0 Å². The molecule has 0 radical (unpaired) electrons. The molecule has 2 rings (SSSR count). The third kappa shape index (κ3) is 4.77. The Balaban J connectivity index is 2.05. The lowest BCUT2D eigenvalue weighted by Crippen LogP contribution is -2.25. The Kier molecular flexibility index (Phi) is 6.09. The van der Waals surface area contributed by atoms with E-state index >= 15 is 0 Å². The summed E-state index contributed by atoms with van der Waals surface area (Å²) in [7, 11) is 0. The van der Waals surface area contributed by atoms with Gasteiger partial charge in [-0.05, 0) is 49.2 Å². The van der Waals surface area contributed by atoms with Crippen LogP contribution in [-0.2, 0) is 0 Å². The Bertz CT molecular complexity index is 620. The molecule has 0 bridgehead atoms. The van der Waals surface area contributed by atoms with E-state index in [1.165, 1.54) is 24.3 Å². The molecule has 1 amide bonds. The molecule has 0 saturated carbocycles. The van der Waals surface area contributed by atoms with Crippen LogP contribution >= 0.6 is 0 Å². The highest BCUT2D eigenvalue weighted by molar-refractivity contribution is 6.02. The van der Waals surface area contributed by atoms with Gasteiger partial charge in [-0.15, -0.1) is 0 Å². The number of benzene rings is 1. The maximum absolute atomic E-state index is 12.9. The van der Waals surface area contributed by atoms with Gasteiger partial charge < -0.3 is 10.2 Å². The third-order valence-corrected chi connectivity index (χ3v) is 3.43. The van der Waals surface area contributed by atoms with E-state index in [2.05, 4.69) is 29.0 Å². The summed E-state index contributed by atoms with van der Waals surface area (Å²) in [6, 6.07) is 9.28. The van der Waals surface area contributed by atoms with E-state index in [1.54, 1.807) is 12.3 Å². The normalized spacial score (nSPS) is 10.4. The maximum Gasteiger partial charge on any atom is 0.274 e. The first-order valence-corrected chi connectivity index (χ1v) is 7.92. The zero-order valence-corrected chi connectivity index (χ0v) is 13.6. The lowest BCUT2D eigenvalue weighted by atomic mass is 10.2. The number of carbonyl (C=O) groups excluding carboxylic acids is 1. The molecule has 1 heterocycles. The van der Waals surface area contributed by atoms with E-state index in [0.29, 0.717) is 11.4 Å². The van der Waals surface area contributed by atoms with Crippen LogP contribution in [0, 0.1) is 5.82 Å². The van der Waals surface area contributed by atoms with Crippen LogP contribution < -0.4 is 10.2 Å². The number of aromatic nitrogens is 1. The van der Waals surface area contributed by atoms with Crippen molar-refractivity contribution < 1.29 is 9.18 Å². The average Bonchev–Trinajstić information content (AvgIpc) is 2.57. The van der Waals surface area contributed by atoms with E-state index in [-0.39, 0.29) is 11.7 Å². The number of carbonyl (C=O) groups is 1. The third-order valence-electron chi connectivity index (χ3n) is 3.43. The quantitative estimate of drug-likeness (QED) is 0.836. The highest BCUT2D eigenvalue weighted by Gasteiger charge is 2.10. The number of rotatable bonds is 7. The van der Waals surface area contributed by atoms with Gasteiger partial charge in [-0.1, -0.05) is 13.8 Å². The predicted octanol–water partition coefficient (Wildman–Crippen LogP) is 4.10. The van der Waals surface area contributed by atoms with Crippen molar-refractivity contribution in [3.63, 3.8) is 0 Å². The molecule has 0 spiro atoms. The van der Waals surface area contributed by atoms with Crippen molar-refractivity contribution in [1.82, 2.24) is 4.98 Å². The molecule has 1 aromatic carbocycles. The molecule has 23 heavy (non-hydrogen) atoms. The maximum atomic E-state index is 12.9. The van der Waals surface area contributed by atoms with E-state index in [4.69, 9.17) is 0 Å². The molecule has 1 aromatic heterocycles. The van der Waals surface area contributed by atoms with Gasteiger partial charge in [-0.3, -0.25) is 4.79 Å². The van der Waals surface area contributed by atoms with Crippen LogP contribution in [0.4, 0.5) is 15.8 Å². The first-order valence-electron chi connectivity index (χ1n) is 7.92. The molecule has 122 valence electrons. The van der Waals surface area contributed by atoms with Crippen LogP contribution in [0.25, 0.3) is 0 Å². The van der Waals surface area contributed by atoms with E-state index in [1.807, 2.05) is 6.07 Å². The molecule has 0 unspecified atom stereocenters. The van der Waals surface area contributed by atoms with Crippen LogP contribution in [-0.4, -0.2) is 24.0 Å². The van der Waals surface area contributed by atoms with Crippen LogP contribution in [0.1, 0.15) is 37.2 Å². The topological polar surface area (TPSA) is 45.2 Å². The van der Waals surface area contributed by atoms with Crippen molar-refractivity contribution in [2.75, 3.05) is 23.3 Å². The zero-order chi connectivity index (χ0) is 16.7. The largest absolute Gasteiger partial charge is 0.370 e. The first kappa shape index (κ1) is 16.9. The number of hydrogen-bond donors (Lipinski definition) is 1. The molecule has 0 aliphatic rings. The van der Waals surface area contributed by atoms with Gasteiger partial charge in [0, 0.05) is 18.8 Å². The van der Waals surface area contributed by atoms with Crippen molar-refractivity contribution >= 4 is 17.3 Å². The molecule has 1 N–H and O–H groups in total. The minimum absolute atomic E-state index is 0.305. The molecule has 2 aromatic rings. The second-order valence-corrected chi connectivity index (χ2v) is 5.35. The number of halogens is 1. The molecular formula is C18H22FN3O. The second-order valence-electron chi connectivity index (χ2n) is 5.35. The number of amides is 1. The lowest BCUT2D eigenvalue weighted by molar-refractivity contribution is 0.102. The van der Waals surface area contributed by atoms with E-state index < -0.39 is 0 Å². The first-order chi connectivity index (χ1) is 11.1. The summed E-state index contributed by atoms with van der Waals surface area (Å²) in [5, 5.41) is 2.70. The van der Waals surface area contributed by atoms with E-state index in [9.17, 15) is 9.18 Å². The van der Waals surface area contributed by atoms with Gasteiger partial charge in [-0.25, -0.2) is 9.37 Å². The number of hydrogen-bond acceptors (Lipinski definition) is 3. The molecule has 4 nitrogen and oxygen atoms in total. The van der Waals surface area contributed by atoms with Crippen LogP contribution in [0.5, 0.6) is 0 Å². The summed E-state index contributed by atoms with van der Waals surface area (Å²) in [4.78, 5) is 18.7.